The molecule has 1 aliphatic heterocycles. The molecule has 1 fully saturated rings. The smallest absolute Gasteiger partial charge is 0.326 e. The van der Waals surface area contributed by atoms with Crippen LogP contribution in [-0.4, -0.2) is 34.2 Å². The summed E-state index contributed by atoms with van der Waals surface area (Å²) in [5.41, 5.74) is -0.400. The Kier molecular flexibility index (Phi) is 5.92. The molecule has 0 saturated carbocycles. The number of benzene rings is 2. The van der Waals surface area contributed by atoms with Gasteiger partial charge in [-0.1, -0.05) is 17.8 Å². The molecule has 152 valence electrons. The van der Waals surface area contributed by atoms with E-state index in [1.807, 2.05) is 0 Å². The van der Waals surface area contributed by atoms with Crippen molar-refractivity contribution in [2.24, 2.45) is 4.99 Å². The van der Waals surface area contributed by atoms with E-state index in [2.05, 4.69) is 10.3 Å². The van der Waals surface area contributed by atoms with E-state index in [1.54, 1.807) is 0 Å². The Hall–Kier alpha value is -2.88. The van der Waals surface area contributed by atoms with E-state index in [0.29, 0.717) is 5.69 Å². The molecule has 1 aliphatic rings. The summed E-state index contributed by atoms with van der Waals surface area (Å²) in [6.07, 6.45) is -4.66. The lowest BCUT2D eigenvalue weighted by Crippen LogP contribution is -2.30. The quantitative estimate of drug-likeness (QED) is 0.737. The predicted molar refractivity (Wildman–Crippen MR) is 102 cm³/mol. The molecule has 1 atom stereocenters. The third-order valence-corrected chi connectivity index (χ3v) is 5.27. The molecule has 3 rings (SSSR count). The number of carbonyl (C=O) groups is 2. The van der Waals surface area contributed by atoms with Gasteiger partial charge in [-0.3, -0.25) is 14.5 Å². The van der Waals surface area contributed by atoms with Gasteiger partial charge in [0, 0.05) is 19.2 Å². The average molecular weight is 425 g/mol. The molecule has 0 spiro atoms. The first kappa shape index (κ1) is 20.8. The zero-order valence-corrected chi connectivity index (χ0v) is 15.9. The Bertz CT molecular complexity index is 961. The maximum atomic E-state index is 12.9. The van der Waals surface area contributed by atoms with E-state index < -0.39 is 28.7 Å². The number of anilines is 1. The van der Waals surface area contributed by atoms with E-state index in [0.717, 1.165) is 23.9 Å². The summed E-state index contributed by atoms with van der Waals surface area (Å²) >= 11 is 1.00. The van der Waals surface area contributed by atoms with Gasteiger partial charge in [0.15, 0.2) is 5.17 Å². The SMILES string of the molecule is CN1C(=O)[C@H](CC(=O)Nc2ccc(F)cc2)SC1=Nc1cccc(C(F)(F)F)c1. The number of nitrogens with zero attached hydrogens (tertiary/aromatic N) is 2. The molecular formula is C19H15F4N3O2S. The number of thioether (sulfide) groups is 1. The van der Waals surface area contributed by atoms with Crippen LogP contribution in [0.3, 0.4) is 0 Å². The molecule has 0 unspecified atom stereocenters. The van der Waals surface area contributed by atoms with Crippen molar-refractivity contribution < 1.29 is 27.2 Å². The van der Waals surface area contributed by atoms with Gasteiger partial charge in [-0.15, -0.1) is 0 Å². The van der Waals surface area contributed by atoms with Gasteiger partial charge in [-0.25, -0.2) is 9.38 Å². The van der Waals surface area contributed by atoms with Crippen molar-refractivity contribution in [1.29, 1.82) is 0 Å². The zero-order valence-electron chi connectivity index (χ0n) is 15.0. The number of alkyl halides is 3. The van der Waals surface area contributed by atoms with Gasteiger partial charge in [0.25, 0.3) is 0 Å². The third kappa shape index (κ3) is 5.14. The molecule has 29 heavy (non-hydrogen) atoms. The van der Waals surface area contributed by atoms with Crippen LogP contribution >= 0.6 is 11.8 Å². The van der Waals surface area contributed by atoms with Gasteiger partial charge < -0.3 is 5.32 Å². The van der Waals surface area contributed by atoms with E-state index in [4.69, 9.17) is 0 Å². The standard InChI is InChI=1S/C19H15F4N3O2S/c1-26-17(28)15(10-16(27)24-13-7-5-12(20)6-8-13)29-18(26)25-14-4-2-3-11(9-14)19(21,22)23/h2-9,15H,10H2,1H3,(H,24,27)/t15-/m0/s1. The van der Waals surface area contributed by atoms with Crippen LogP contribution in [0.25, 0.3) is 0 Å². The fraction of sp³-hybridized carbons (Fsp3) is 0.211. The number of rotatable bonds is 4. The van der Waals surface area contributed by atoms with Crippen LogP contribution in [0.5, 0.6) is 0 Å². The zero-order chi connectivity index (χ0) is 21.2. The highest BCUT2D eigenvalue weighted by Crippen LogP contribution is 2.34. The van der Waals surface area contributed by atoms with Crippen LogP contribution in [-0.2, 0) is 15.8 Å². The fourth-order valence-electron chi connectivity index (χ4n) is 2.57. The minimum absolute atomic E-state index is 0.0541. The van der Waals surface area contributed by atoms with Gasteiger partial charge >= 0.3 is 6.18 Å². The van der Waals surface area contributed by atoms with Crippen molar-refractivity contribution in [1.82, 2.24) is 4.90 Å². The van der Waals surface area contributed by atoms with Crippen LogP contribution < -0.4 is 5.32 Å². The Labute approximate surface area is 167 Å². The topological polar surface area (TPSA) is 61.8 Å². The van der Waals surface area contributed by atoms with Crippen LogP contribution in [0.1, 0.15) is 12.0 Å². The maximum absolute atomic E-state index is 12.9. The summed E-state index contributed by atoms with van der Waals surface area (Å²) < 4.78 is 51.4. The minimum atomic E-state index is -4.50. The normalized spacial score (nSPS) is 18.4. The largest absolute Gasteiger partial charge is 0.416 e. The van der Waals surface area contributed by atoms with Crippen LogP contribution in [0, 0.1) is 5.82 Å². The number of hydrogen-bond acceptors (Lipinski definition) is 4. The van der Waals surface area contributed by atoms with Crippen LogP contribution in [0.2, 0.25) is 0 Å². The maximum Gasteiger partial charge on any atom is 0.416 e. The number of amidine groups is 1. The molecule has 0 aromatic heterocycles. The highest BCUT2D eigenvalue weighted by Gasteiger charge is 2.37. The van der Waals surface area contributed by atoms with E-state index in [9.17, 15) is 27.2 Å². The van der Waals surface area contributed by atoms with Crippen molar-refractivity contribution in [3.8, 4) is 0 Å². The number of hydrogen-bond donors (Lipinski definition) is 1. The highest BCUT2D eigenvalue weighted by atomic mass is 32.2. The lowest BCUT2D eigenvalue weighted by Gasteiger charge is -2.10. The van der Waals surface area contributed by atoms with E-state index in [-0.39, 0.29) is 23.2 Å². The third-order valence-electron chi connectivity index (χ3n) is 4.04. The second-order valence-electron chi connectivity index (χ2n) is 6.21. The van der Waals surface area contributed by atoms with Gasteiger partial charge in [0.2, 0.25) is 11.8 Å². The molecule has 0 radical (unpaired) electrons. The average Bonchev–Trinajstić information content (AvgIpc) is 2.91. The van der Waals surface area contributed by atoms with Gasteiger partial charge in [0.05, 0.1) is 11.3 Å². The Morgan fingerprint density at radius 2 is 1.90 bits per heavy atom. The summed E-state index contributed by atoms with van der Waals surface area (Å²) in [4.78, 5) is 29.9. The summed E-state index contributed by atoms with van der Waals surface area (Å²) in [6, 6.07) is 9.63. The molecule has 1 saturated heterocycles. The first-order chi connectivity index (χ1) is 13.6. The van der Waals surface area contributed by atoms with Crippen molar-refractivity contribution in [3.63, 3.8) is 0 Å². The number of carbonyl (C=O) groups excluding carboxylic acids is 2. The summed E-state index contributed by atoms with van der Waals surface area (Å²) in [7, 11) is 1.44. The van der Waals surface area contributed by atoms with Crippen molar-refractivity contribution >= 4 is 40.1 Å². The minimum Gasteiger partial charge on any atom is -0.326 e. The van der Waals surface area contributed by atoms with E-state index in [1.165, 1.54) is 48.3 Å². The number of amides is 2. The Balaban J connectivity index is 1.70. The Morgan fingerprint density at radius 3 is 2.55 bits per heavy atom. The van der Waals surface area contributed by atoms with E-state index >= 15 is 0 Å². The molecule has 0 bridgehead atoms. The molecule has 2 aromatic carbocycles. The van der Waals surface area contributed by atoms with Crippen LogP contribution in [0.15, 0.2) is 53.5 Å². The first-order valence-corrected chi connectivity index (χ1v) is 9.27. The molecule has 2 aromatic rings. The molecular weight excluding hydrogens is 410 g/mol. The first-order valence-electron chi connectivity index (χ1n) is 8.39. The fourth-order valence-corrected chi connectivity index (χ4v) is 3.73. The van der Waals surface area contributed by atoms with Gasteiger partial charge in [-0.2, -0.15) is 13.2 Å². The predicted octanol–water partition coefficient (Wildman–Crippen LogP) is 4.43. The molecule has 1 N–H and O–H groups in total. The number of aliphatic imine (C=N–C) groups is 1. The summed E-state index contributed by atoms with van der Waals surface area (Å²) in [6.45, 7) is 0. The molecule has 2 amide bonds. The lowest BCUT2D eigenvalue weighted by atomic mass is 10.2. The highest BCUT2D eigenvalue weighted by molar-refractivity contribution is 8.15. The monoisotopic (exact) mass is 425 g/mol. The second-order valence-corrected chi connectivity index (χ2v) is 7.38. The Morgan fingerprint density at radius 1 is 1.21 bits per heavy atom. The molecule has 1 heterocycles. The number of nitrogens with one attached hydrogen (secondary N) is 1. The van der Waals surface area contributed by atoms with Crippen molar-refractivity contribution in [2.45, 2.75) is 17.8 Å². The summed E-state index contributed by atoms with van der Waals surface area (Å²) in [5.74, 6) is -1.27. The second kappa shape index (κ2) is 8.24. The summed E-state index contributed by atoms with van der Waals surface area (Å²) in [5, 5.41) is 2.01. The van der Waals surface area contributed by atoms with Crippen molar-refractivity contribution in [2.75, 3.05) is 12.4 Å². The van der Waals surface area contributed by atoms with Gasteiger partial charge in [-0.05, 0) is 42.5 Å². The lowest BCUT2D eigenvalue weighted by molar-refractivity contribution is -0.137. The molecule has 10 heteroatoms. The number of halogens is 4. The van der Waals surface area contributed by atoms with Gasteiger partial charge in [0.1, 0.15) is 11.1 Å². The van der Waals surface area contributed by atoms with Crippen molar-refractivity contribution in [3.05, 3.63) is 59.9 Å². The van der Waals surface area contributed by atoms with Crippen LogP contribution in [0.4, 0.5) is 28.9 Å². The molecule has 5 nitrogen and oxygen atoms in total. The molecule has 0 aliphatic carbocycles.